The van der Waals surface area contributed by atoms with Gasteiger partial charge in [0.25, 0.3) is 0 Å². The van der Waals surface area contributed by atoms with Crippen molar-refractivity contribution in [3.05, 3.63) is 53.9 Å². The summed E-state index contributed by atoms with van der Waals surface area (Å²) in [4.78, 5) is 25.3. The van der Waals surface area contributed by atoms with Crippen LogP contribution in [-0.2, 0) is 17.9 Å². The molecule has 1 aromatic carbocycles. The quantitative estimate of drug-likeness (QED) is 0.882. The fourth-order valence-electron chi connectivity index (χ4n) is 4.17. The first-order valence-electron chi connectivity index (χ1n) is 9.75. The zero-order valence-electron chi connectivity index (χ0n) is 15.8. The molecule has 2 atom stereocenters. The van der Waals surface area contributed by atoms with Crippen LogP contribution in [0.4, 0.5) is 5.95 Å². The molecule has 1 aromatic heterocycles. The topological polar surface area (TPSA) is 61.4 Å². The Morgan fingerprint density at radius 3 is 2.59 bits per heavy atom. The number of piperidine rings is 1. The molecule has 0 saturated carbocycles. The van der Waals surface area contributed by atoms with Gasteiger partial charge >= 0.3 is 0 Å². The second kappa shape index (κ2) is 8.05. The number of nitrogens with one attached hydrogen (secondary N) is 1. The van der Waals surface area contributed by atoms with Crippen molar-refractivity contribution in [3.63, 3.8) is 0 Å². The number of benzene rings is 1. The molecule has 3 saturated heterocycles. The number of carbonyl (C=O) groups is 1. The van der Waals surface area contributed by atoms with Gasteiger partial charge in [-0.1, -0.05) is 30.3 Å². The Bertz CT molecular complexity index is 764. The Morgan fingerprint density at radius 2 is 1.85 bits per heavy atom. The van der Waals surface area contributed by atoms with E-state index in [9.17, 15) is 4.79 Å². The number of carbonyl (C=O) groups excluding carboxylic acids is 1. The molecule has 1 N–H and O–H groups in total. The van der Waals surface area contributed by atoms with E-state index in [1.807, 2.05) is 35.5 Å². The van der Waals surface area contributed by atoms with Crippen LogP contribution in [0.5, 0.6) is 0 Å². The van der Waals surface area contributed by atoms with Gasteiger partial charge in [0.15, 0.2) is 0 Å². The lowest BCUT2D eigenvalue weighted by molar-refractivity contribution is -0.129. The number of rotatable bonds is 5. The Labute approximate surface area is 160 Å². The molecule has 2 aromatic rings. The molecule has 2 bridgehead atoms. The van der Waals surface area contributed by atoms with Crippen LogP contribution < -0.4 is 5.32 Å². The van der Waals surface area contributed by atoms with Crippen molar-refractivity contribution < 1.29 is 4.79 Å². The molecule has 6 heteroatoms. The average molecular weight is 365 g/mol. The van der Waals surface area contributed by atoms with Gasteiger partial charge in [0.05, 0.1) is 0 Å². The largest absolute Gasteiger partial charge is 0.350 e. The van der Waals surface area contributed by atoms with Crippen molar-refractivity contribution in [2.45, 2.75) is 38.9 Å². The van der Waals surface area contributed by atoms with Crippen LogP contribution in [0, 0.1) is 5.92 Å². The summed E-state index contributed by atoms with van der Waals surface area (Å²) >= 11 is 0. The van der Waals surface area contributed by atoms with E-state index in [0.29, 0.717) is 17.9 Å². The van der Waals surface area contributed by atoms with Gasteiger partial charge in [-0.25, -0.2) is 9.97 Å². The molecule has 1 amide bonds. The lowest BCUT2D eigenvalue weighted by atomic mass is 9.95. The summed E-state index contributed by atoms with van der Waals surface area (Å²) in [6.07, 6.45) is 6.24. The SMILES string of the molecule is CC(=O)N1C[C@@H]2CC[C@H](C1)N(Cc1cnc(NCc3ccccc3)nc1)C2. The Balaban J connectivity index is 1.35. The van der Waals surface area contributed by atoms with Gasteiger partial charge in [0.1, 0.15) is 0 Å². The van der Waals surface area contributed by atoms with Crippen molar-refractivity contribution in [3.8, 4) is 0 Å². The van der Waals surface area contributed by atoms with Crippen LogP contribution in [0.1, 0.15) is 30.9 Å². The van der Waals surface area contributed by atoms with Gasteiger partial charge < -0.3 is 10.2 Å². The standard InChI is InChI=1S/C21H27N5O/c1-16(27)25-12-18-7-8-20(15-25)26(13-18)14-19-10-23-21(24-11-19)22-9-17-5-3-2-4-6-17/h2-6,10-11,18,20H,7-9,12-15H2,1H3,(H,22,23,24)/t18-,20+/m0/s1. The van der Waals surface area contributed by atoms with Crippen LogP contribution >= 0.6 is 0 Å². The van der Waals surface area contributed by atoms with Crippen LogP contribution in [0.3, 0.4) is 0 Å². The highest BCUT2D eigenvalue weighted by Crippen LogP contribution is 2.29. The third kappa shape index (κ3) is 4.45. The summed E-state index contributed by atoms with van der Waals surface area (Å²) in [5.74, 6) is 1.44. The molecular formula is C21H27N5O. The van der Waals surface area contributed by atoms with E-state index in [1.54, 1.807) is 6.92 Å². The molecule has 27 heavy (non-hydrogen) atoms. The van der Waals surface area contributed by atoms with Gasteiger partial charge in [0.2, 0.25) is 11.9 Å². The van der Waals surface area contributed by atoms with Crippen LogP contribution in [0.25, 0.3) is 0 Å². The molecule has 5 rings (SSSR count). The maximum atomic E-state index is 11.8. The minimum Gasteiger partial charge on any atom is -0.350 e. The first-order valence-corrected chi connectivity index (χ1v) is 9.75. The highest BCUT2D eigenvalue weighted by atomic mass is 16.2. The highest BCUT2D eigenvalue weighted by molar-refractivity contribution is 5.73. The fraction of sp³-hybridized carbons (Fsp3) is 0.476. The fourth-order valence-corrected chi connectivity index (χ4v) is 4.17. The van der Waals surface area contributed by atoms with Crippen molar-refractivity contribution in [2.24, 2.45) is 5.92 Å². The normalized spacial score (nSPS) is 22.5. The minimum atomic E-state index is 0.200. The number of hydrogen-bond donors (Lipinski definition) is 1. The van der Waals surface area contributed by atoms with Gasteiger partial charge in [0, 0.05) is 63.6 Å². The second-order valence-corrected chi connectivity index (χ2v) is 7.70. The maximum Gasteiger partial charge on any atom is 0.222 e. The molecule has 3 aliphatic heterocycles. The summed E-state index contributed by atoms with van der Waals surface area (Å²) in [6, 6.07) is 10.7. The molecule has 142 valence electrons. The summed E-state index contributed by atoms with van der Waals surface area (Å²) in [7, 11) is 0. The lowest BCUT2D eigenvalue weighted by Crippen LogP contribution is -2.43. The predicted octanol–water partition coefficient (Wildman–Crippen LogP) is 2.53. The summed E-state index contributed by atoms with van der Waals surface area (Å²) in [5, 5.41) is 3.27. The molecular weight excluding hydrogens is 338 g/mol. The molecule has 3 fully saturated rings. The van der Waals surface area contributed by atoms with E-state index in [1.165, 1.54) is 18.4 Å². The number of fused-ring (bicyclic) bond motifs is 4. The molecule has 6 nitrogen and oxygen atoms in total. The maximum absolute atomic E-state index is 11.8. The number of aromatic nitrogens is 2. The molecule has 0 unspecified atom stereocenters. The first kappa shape index (κ1) is 17.9. The van der Waals surface area contributed by atoms with Crippen LogP contribution in [0.15, 0.2) is 42.7 Å². The summed E-state index contributed by atoms with van der Waals surface area (Å²) in [5.41, 5.74) is 2.34. The highest BCUT2D eigenvalue weighted by Gasteiger charge is 2.35. The second-order valence-electron chi connectivity index (χ2n) is 7.70. The van der Waals surface area contributed by atoms with E-state index in [2.05, 4.69) is 32.3 Å². The van der Waals surface area contributed by atoms with Crippen LogP contribution in [0.2, 0.25) is 0 Å². The van der Waals surface area contributed by atoms with Crippen molar-refractivity contribution in [1.29, 1.82) is 0 Å². The van der Waals surface area contributed by atoms with E-state index >= 15 is 0 Å². The first-order chi connectivity index (χ1) is 13.2. The molecule has 0 aliphatic carbocycles. The Kier molecular flexibility index (Phi) is 5.34. The van der Waals surface area contributed by atoms with Gasteiger partial charge in [-0.05, 0) is 24.3 Å². The lowest BCUT2D eigenvalue weighted by Gasteiger charge is -2.35. The van der Waals surface area contributed by atoms with E-state index in [-0.39, 0.29) is 5.91 Å². The molecule has 3 aliphatic rings. The van der Waals surface area contributed by atoms with Gasteiger partial charge in [-0.2, -0.15) is 0 Å². The summed E-state index contributed by atoms with van der Waals surface area (Å²) in [6.45, 7) is 6.07. The smallest absolute Gasteiger partial charge is 0.222 e. The summed E-state index contributed by atoms with van der Waals surface area (Å²) < 4.78 is 0. The third-order valence-electron chi connectivity index (χ3n) is 5.66. The van der Waals surface area contributed by atoms with Crippen molar-refractivity contribution >= 4 is 11.9 Å². The molecule has 0 radical (unpaired) electrons. The number of hydrogen-bond acceptors (Lipinski definition) is 5. The van der Waals surface area contributed by atoms with Crippen molar-refractivity contribution in [1.82, 2.24) is 19.8 Å². The average Bonchev–Trinajstić information content (AvgIpc) is 3.01. The van der Waals surface area contributed by atoms with Gasteiger partial charge in [-0.15, -0.1) is 0 Å². The Morgan fingerprint density at radius 1 is 1.07 bits per heavy atom. The van der Waals surface area contributed by atoms with Gasteiger partial charge in [-0.3, -0.25) is 9.69 Å². The number of nitrogens with zero attached hydrogens (tertiary/aromatic N) is 4. The molecule has 4 heterocycles. The predicted molar refractivity (Wildman–Crippen MR) is 105 cm³/mol. The van der Waals surface area contributed by atoms with Crippen LogP contribution in [-0.4, -0.2) is 51.4 Å². The molecule has 0 spiro atoms. The number of amides is 1. The minimum absolute atomic E-state index is 0.200. The zero-order valence-corrected chi connectivity index (χ0v) is 15.8. The number of anilines is 1. The van der Waals surface area contributed by atoms with E-state index < -0.39 is 0 Å². The van der Waals surface area contributed by atoms with Crippen molar-refractivity contribution in [2.75, 3.05) is 25.0 Å². The monoisotopic (exact) mass is 365 g/mol. The Hall–Kier alpha value is -2.47. The van der Waals surface area contributed by atoms with E-state index in [4.69, 9.17) is 0 Å². The zero-order chi connectivity index (χ0) is 18.6. The van der Waals surface area contributed by atoms with E-state index in [0.717, 1.165) is 38.3 Å². The third-order valence-corrected chi connectivity index (χ3v) is 5.66.